The molecule has 3 heteroatoms. The van der Waals surface area contributed by atoms with Crippen molar-refractivity contribution < 1.29 is 5.11 Å². The third-order valence-electron chi connectivity index (χ3n) is 3.61. The van der Waals surface area contributed by atoms with Gasteiger partial charge in [-0.1, -0.05) is 18.2 Å². The zero-order chi connectivity index (χ0) is 13.0. The third-order valence-corrected chi connectivity index (χ3v) is 3.61. The maximum absolute atomic E-state index is 9.75. The Hall–Kier alpha value is -1.06. The molecule has 1 aromatic rings. The highest BCUT2D eigenvalue weighted by Crippen LogP contribution is 2.24. The van der Waals surface area contributed by atoms with Crippen LogP contribution in [0.15, 0.2) is 24.3 Å². The SMILES string of the molecule is CC(CC1CCCN1)Nc1ccccc1C(C)O. The molecule has 0 saturated carbocycles. The summed E-state index contributed by atoms with van der Waals surface area (Å²) >= 11 is 0. The normalized spacial score (nSPS) is 22.7. The molecule has 3 atom stereocenters. The predicted molar refractivity (Wildman–Crippen MR) is 75.8 cm³/mol. The number of nitrogens with one attached hydrogen (secondary N) is 2. The molecule has 0 bridgehead atoms. The molecule has 0 amide bonds. The fourth-order valence-corrected chi connectivity index (χ4v) is 2.70. The summed E-state index contributed by atoms with van der Waals surface area (Å²) in [7, 11) is 0. The van der Waals surface area contributed by atoms with Crippen molar-refractivity contribution >= 4 is 5.69 Å². The number of para-hydroxylation sites is 1. The zero-order valence-electron chi connectivity index (χ0n) is 11.3. The van der Waals surface area contributed by atoms with Gasteiger partial charge in [0.1, 0.15) is 0 Å². The third kappa shape index (κ3) is 3.47. The molecule has 1 fully saturated rings. The fourth-order valence-electron chi connectivity index (χ4n) is 2.70. The van der Waals surface area contributed by atoms with Crippen molar-refractivity contribution in [2.45, 2.75) is 51.3 Å². The summed E-state index contributed by atoms with van der Waals surface area (Å²) in [5.74, 6) is 0. The summed E-state index contributed by atoms with van der Waals surface area (Å²) in [6, 6.07) is 9.06. The molecule has 1 aliphatic heterocycles. The molecule has 3 unspecified atom stereocenters. The van der Waals surface area contributed by atoms with E-state index in [1.165, 1.54) is 12.8 Å². The van der Waals surface area contributed by atoms with Crippen LogP contribution in [-0.2, 0) is 0 Å². The van der Waals surface area contributed by atoms with Gasteiger partial charge in [-0.2, -0.15) is 0 Å². The lowest BCUT2D eigenvalue weighted by atomic mass is 10.0. The highest BCUT2D eigenvalue weighted by atomic mass is 16.3. The molecule has 2 rings (SSSR count). The van der Waals surface area contributed by atoms with Gasteiger partial charge in [-0.15, -0.1) is 0 Å². The minimum absolute atomic E-state index is 0.417. The quantitative estimate of drug-likeness (QED) is 0.750. The van der Waals surface area contributed by atoms with E-state index >= 15 is 0 Å². The first-order valence-electron chi connectivity index (χ1n) is 6.93. The predicted octanol–water partition coefficient (Wildman–Crippen LogP) is 2.68. The van der Waals surface area contributed by atoms with Crippen LogP contribution in [0.25, 0.3) is 0 Å². The largest absolute Gasteiger partial charge is 0.389 e. The van der Waals surface area contributed by atoms with Gasteiger partial charge in [0.05, 0.1) is 6.10 Å². The van der Waals surface area contributed by atoms with E-state index in [1.54, 1.807) is 0 Å². The number of aliphatic hydroxyl groups is 1. The molecule has 0 aliphatic carbocycles. The van der Waals surface area contributed by atoms with E-state index in [1.807, 2.05) is 31.2 Å². The second kappa shape index (κ2) is 6.21. The monoisotopic (exact) mass is 248 g/mol. The summed E-state index contributed by atoms with van der Waals surface area (Å²) in [6.07, 6.45) is 3.28. The maximum Gasteiger partial charge on any atom is 0.0781 e. The smallest absolute Gasteiger partial charge is 0.0781 e. The average molecular weight is 248 g/mol. The number of benzene rings is 1. The molecule has 0 aromatic heterocycles. The first-order chi connectivity index (χ1) is 8.66. The summed E-state index contributed by atoms with van der Waals surface area (Å²) in [5.41, 5.74) is 2.03. The number of hydrogen-bond donors (Lipinski definition) is 3. The van der Waals surface area contributed by atoms with Crippen molar-refractivity contribution in [1.82, 2.24) is 5.32 Å². The van der Waals surface area contributed by atoms with Gasteiger partial charge in [0.25, 0.3) is 0 Å². The second-order valence-electron chi connectivity index (χ2n) is 5.34. The molecular formula is C15H24N2O. The Labute approximate surface area is 110 Å². The van der Waals surface area contributed by atoms with Gasteiger partial charge in [0.2, 0.25) is 0 Å². The topological polar surface area (TPSA) is 44.3 Å². The van der Waals surface area contributed by atoms with Crippen LogP contribution in [0.1, 0.15) is 44.8 Å². The van der Waals surface area contributed by atoms with Gasteiger partial charge in [-0.25, -0.2) is 0 Å². The molecule has 1 heterocycles. The van der Waals surface area contributed by atoms with E-state index in [4.69, 9.17) is 0 Å². The van der Waals surface area contributed by atoms with E-state index in [9.17, 15) is 5.11 Å². The number of anilines is 1. The summed E-state index contributed by atoms with van der Waals surface area (Å²) in [4.78, 5) is 0. The van der Waals surface area contributed by atoms with Gasteiger partial charge in [-0.05, 0) is 45.7 Å². The lowest BCUT2D eigenvalue weighted by Crippen LogP contribution is -2.29. The van der Waals surface area contributed by atoms with Crippen LogP contribution >= 0.6 is 0 Å². The molecule has 1 aromatic carbocycles. The highest BCUT2D eigenvalue weighted by Gasteiger charge is 2.17. The highest BCUT2D eigenvalue weighted by molar-refractivity contribution is 5.52. The standard InChI is InChI=1S/C15H24N2O/c1-11(10-13-6-5-9-16-13)17-15-8-4-3-7-14(15)12(2)18/h3-4,7-8,11-13,16-18H,5-6,9-10H2,1-2H3. The van der Waals surface area contributed by atoms with Crippen molar-refractivity contribution in [3.63, 3.8) is 0 Å². The van der Waals surface area contributed by atoms with Gasteiger partial charge in [-0.3, -0.25) is 0 Å². The fraction of sp³-hybridized carbons (Fsp3) is 0.600. The Balaban J connectivity index is 1.95. The van der Waals surface area contributed by atoms with Crippen molar-refractivity contribution in [1.29, 1.82) is 0 Å². The van der Waals surface area contributed by atoms with Crippen LogP contribution in [0.5, 0.6) is 0 Å². The summed E-state index contributed by atoms with van der Waals surface area (Å²) in [6.45, 7) is 5.17. The van der Waals surface area contributed by atoms with Crippen LogP contribution in [0, 0.1) is 0 Å². The first-order valence-corrected chi connectivity index (χ1v) is 6.93. The van der Waals surface area contributed by atoms with Crippen molar-refractivity contribution in [3.05, 3.63) is 29.8 Å². The number of rotatable bonds is 5. The zero-order valence-corrected chi connectivity index (χ0v) is 11.3. The first kappa shape index (κ1) is 13.4. The van der Waals surface area contributed by atoms with Gasteiger partial charge in [0.15, 0.2) is 0 Å². The van der Waals surface area contributed by atoms with Crippen molar-refractivity contribution in [2.24, 2.45) is 0 Å². The molecule has 1 saturated heterocycles. The van der Waals surface area contributed by atoms with E-state index in [-0.39, 0.29) is 0 Å². The Morgan fingerprint density at radius 1 is 1.39 bits per heavy atom. The Bertz CT molecular complexity index is 373. The van der Waals surface area contributed by atoms with Crippen LogP contribution in [0.3, 0.4) is 0 Å². The Morgan fingerprint density at radius 3 is 2.83 bits per heavy atom. The van der Waals surface area contributed by atoms with Gasteiger partial charge < -0.3 is 15.7 Å². The Kier molecular flexibility index (Phi) is 4.61. The van der Waals surface area contributed by atoms with Crippen LogP contribution in [-0.4, -0.2) is 23.7 Å². The van der Waals surface area contributed by atoms with Gasteiger partial charge in [0, 0.05) is 23.3 Å². The second-order valence-corrected chi connectivity index (χ2v) is 5.34. The molecule has 100 valence electrons. The average Bonchev–Trinajstić information content (AvgIpc) is 2.82. The summed E-state index contributed by atoms with van der Waals surface area (Å²) < 4.78 is 0. The van der Waals surface area contributed by atoms with Crippen LogP contribution in [0.2, 0.25) is 0 Å². The molecule has 0 spiro atoms. The molecule has 0 radical (unpaired) electrons. The van der Waals surface area contributed by atoms with Gasteiger partial charge >= 0.3 is 0 Å². The molecule has 3 N–H and O–H groups in total. The van der Waals surface area contributed by atoms with E-state index in [0.29, 0.717) is 12.1 Å². The Morgan fingerprint density at radius 2 is 2.17 bits per heavy atom. The maximum atomic E-state index is 9.75. The number of hydrogen-bond acceptors (Lipinski definition) is 3. The summed E-state index contributed by atoms with van der Waals surface area (Å²) in [5, 5.41) is 16.8. The molecule has 1 aliphatic rings. The minimum Gasteiger partial charge on any atom is -0.389 e. The molecule has 3 nitrogen and oxygen atoms in total. The van der Waals surface area contributed by atoms with E-state index in [2.05, 4.69) is 17.6 Å². The van der Waals surface area contributed by atoms with Crippen LogP contribution < -0.4 is 10.6 Å². The lowest BCUT2D eigenvalue weighted by molar-refractivity contribution is 0.200. The van der Waals surface area contributed by atoms with Crippen molar-refractivity contribution in [3.8, 4) is 0 Å². The van der Waals surface area contributed by atoms with E-state index < -0.39 is 6.10 Å². The number of aliphatic hydroxyl groups excluding tert-OH is 1. The molecular weight excluding hydrogens is 224 g/mol. The lowest BCUT2D eigenvalue weighted by Gasteiger charge is -2.22. The van der Waals surface area contributed by atoms with Crippen molar-refractivity contribution in [2.75, 3.05) is 11.9 Å². The van der Waals surface area contributed by atoms with Crippen LogP contribution in [0.4, 0.5) is 5.69 Å². The molecule has 18 heavy (non-hydrogen) atoms. The minimum atomic E-state index is -0.425. The van der Waals surface area contributed by atoms with E-state index in [0.717, 1.165) is 24.2 Å².